The summed E-state index contributed by atoms with van der Waals surface area (Å²) in [5.74, 6) is -0.309. The third kappa shape index (κ3) is 2.73. The molecule has 0 amide bonds. The Bertz CT molecular complexity index is 995. The van der Waals surface area contributed by atoms with Crippen LogP contribution in [-0.4, -0.2) is 21.4 Å². The van der Waals surface area contributed by atoms with E-state index in [0.29, 0.717) is 11.2 Å². The van der Waals surface area contributed by atoms with Crippen molar-refractivity contribution in [3.05, 3.63) is 69.6 Å². The molecule has 3 aromatic rings. The maximum Gasteiger partial charge on any atom is 0.125 e. The molecule has 2 heterocycles. The molecule has 0 aliphatic carbocycles. The number of benzene rings is 2. The highest BCUT2D eigenvalue weighted by Crippen LogP contribution is 2.31. The first-order valence-electron chi connectivity index (χ1n) is 7.73. The molecule has 120 valence electrons. The number of hydrogen-bond donors (Lipinski definition) is 0. The van der Waals surface area contributed by atoms with Crippen molar-refractivity contribution in [2.75, 3.05) is 0 Å². The van der Waals surface area contributed by atoms with E-state index in [1.807, 2.05) is 12.1 Å². The first-order valence-corrected chi connectivity index (χ1v) is 8.53. The highest BCUT2D eigenvalue weighted by Gasteiger charge is 2.28. The van der Waals surface area contributed by atoms with Crippen molar-refractivity contribution in [2.45, 2.75) is 25.8 Å². The molecular weight excluding hydrogens is 369 g/mol. The second kappa shape index (κ2) is 5.45. The summed E-state index contributed by atoms with van der Waals surface area (Å²) in [6, 6.07) is 12.7. The SMILES string of the molecule is CC1(C)Cc2cc(Br)ccc2C(c2cc3ccc(F)cc3nn2)=N1. The van der Waals surface area contributed by atoms with Gasteiger partial charge in [-0.05, 0) is 56.2 Å². The zero-order chi connectivity index (χ0) is 16.9. The topological polar surface area (TPSA) is 38.1 Å². The van der Waals surface area contributed by atoms with E-state index in [9.17, 15) is 4.39 Å². The van der Waals surface area contributed by atoms with Gasteiger partial charge in [-0.3, -0.25) is 4.99 Å². The van der Waals surface area contributed by atoms with Crippen LogP contribution in [-0.2, 0) is 6.42 Å². The van der Waals surface area contributed by atoms with E-state index in [1.54, 1.807) is 6.07 Å². The van der Waals surface area contributed by atoms with Crippen LogP contribution in [0.4, 0.5) is 4.39 Å². The maximum absolute atomic E-state index is 13.3. The van der Waals surface area contributed by atoms with Crippen LogP contribution in [0.2, 0.25) is 0 Å². The van der Waals surface area contributed by atoms with Gasteiger partial charge in [-0.25, -0.2) is 4.39 Å². The van der Waals surface area contributed by atoms with Crippen LogP contribution in [0.3, 0.4) is 0 Å². The van der Waals surface area contributed by atoms with Crippen LogP contribution in [0.15, 0.2) is 51.9 Å². The minimum atomic E-state index is -0.309. The lowest BCUT2D eigenvalue weighted by molar-refractivity contribution is 0.513. The zero-order valence-electron chi connectivity index (χ0n) is 13.3. The summed E-state index contributed by atoms with van der Waals surface area (Å²) in [5, 5.41) is 9.33. The Hall–Kier alpha value is -2.14. The van der Waals surface area contributed by atoms with Crippen molar-refractivity contribution in [2.24, 2.45) is 4.99 Å². The summed E-state index contributed by atoms with van der Waals surface area (Å²) in [6.07, 6.45) is 0.873. The average molecular weight is 384 g/mol. The van der Waals surface area contributed by atoms with Gasteiger partial charge in [-0.15, -0.1) is 10.2 Å². The standard InChI is InChI=1S/C19H15BrFN3/c1-19(2)10-12-7-13(20)4-6-15(12)18(22-19)17-8-11-3-5-14(21)9-16(11)23-24-17/h3-9H,10H2,1-2H3. The van der Waals surface area contributed by atoms with E-state index < -0.39 is 0 Å². The van der Waals surface area contributed by atoms with Gasteiger partial charge >= 0.3 is 0 Å². The van der Waals surface area contributed by atoms with Gasteiger partial charge in [-0.2, -0.15) is 0 Å². The number of halogens is 2. The predicted molar refractivity (Wildman–Crippen MR) is 97.1 cm³/mol. The Labute approximate surface area is 147 Å². The fourth-order valence-corrected chi connectivity index (χ4v) is 3.54. The summed E-state index contributed by atoms with van der Waals surface area (Å²) >= 11 is 3.54. The Morgan fingerprint density at radius 3 is 2.71 bits per heavy atom. The first kappa shape index (κ1) is 15.4. The van der Waals surface area contributed by atoms with Crippen LogP contribution in [0.1, 0.15) is 30.7 Å². The molecule has 0 N–H and O–H groups in total. The third-order valence-corrected chi connectivity index (χ3v) is 4.65. The number of fused-ring (bicyclic) bond motifs is 2. The van der Waals surface area contributed by atoms with E-state index in [4.69, 9.17) is 4.99 Å². The molecule has 0 saturated heterocycles. The third-order valence-electron chi connectivity index (χ3n) is 4.15. The number of rotatable bonds is 1. The van der Waals surface area contributed by atoms with Gasteiger partial charge in [0.1, 0.15) is 11.5 Å². The minimum absolute atomic E-state index is 0.206. The van der Waals surface area contributed by atoms with Crippen molar-refractivity contribution in [1.29, 1.82) is 0 Å². The van der Waals surface area contributed by atoms with Crippen LogP contribution < -0.4 is 0 Å². The van der Waals surface area contributed by atoms with Gasteiger partial charge in [0.05, 0.1) is 16.8 Å². The molecule has 1 aliphatic rings. The Morgan fingerprint density at radius 2 is 1.88 bits per heavy atom. The summed E-state index contributed by atoms with van der Waals surface area (Å²) in [5.41, 5.74) is 4.21. The highest BCUT2D eigenvalue weighted by molar-refractivity contribution is 9.10. The van der Waals surface area contributed by atoms with Crippen LogP contribution >= 0.6 is 15.9 Å². The number of aromatic nitrogens is 2. The number of aliphatic imine (C=N–C) groups is 1. The van der Waals surface area contributed by atoms with E-state index >= 15 is 0 Å². The van der Waals surface area contributed by atoms with Crippen molar-refractivity contribution >= 4 is 32.5 Å². The molecule has 1 aromatic heterocycles. The molecule has 5 heteroatoms. The molecule has 0 spiro atoms. The van der Waals surface area contributed by atoms with Gasteiger partial charge in [0.2, 0.25) is 0 Å². The van der Waals surface area contributed by atoms with Gasteiger partial charge in [0.25, 0.3) is 0 Å². The summed E-state index contributed by atoms with van der Waals surface area (Å²) in [4.78, 5) is 4.90. The Morgan fingerprint density at radius 1 is 1.04 bits per heavy atom. The largest absolute Gasteiger partial charge is 0.276 e. The molecule has 0 saturated carbocycles. The fourth-order valence-electron chi connectivity index (χ4n) is 3.13. The smallest absolute Gasteiger partial charge is 0.125 e. The predicted octanol–water partition coefficient (Wildman–Crippen LogP) is 4.70. The van der Waals surface area contributed by atoms with Crippen molar-refractivity contribution < 1.29 is 4.39 Å². The van der Waals surface area contributed by atoms with Crippen molar-refractivity contribution in [3.8, 4) is 0 Å². The van der Waals surface area contributed by atoms with Crippen molar-refractivity contribution in [1.82, 2.24) is 10.2 Å². The highest BCUT2D eigenvalue weighted by atomic mass is 79.9. The Balaban J connectivity index is 1.91. The molecule has 0 fully saturated rings. The second-order valence-electron chi connectivity index (χ2n) is 6.68. The quantitative estimate of drug-likeness (QED) is 0.610. The van der Waals surface area contributed by atoms with Gasteiger partial charge in [-0.1, -0.05) is 22.0 Å². The summed E-state index contributed by atoms with van der Waals surface area (Å²) in [6.45, 7) is 4.22. The molecule has 0 radical (unpaired) electrons. The fraction of sp³-hybridized carbons (Fsp3) is 0.211. The molecule has 24 heavy (non-hydrogen) atoms. The van der Waals surface area contributed by atoms with Crippen LogP contribution in [0, 0.1) is 5.82 Å². The van der Waals surface area contributed by atoms with Gasteiger partial charge < -0.3 is 0 Å². The zero-order valence-corrected chi connectivity index (χ0v) is 14.9. The second-order valence-corrected chi connectivity index (χ2v) is 7.60. The lowest BCUT2D eigenvalue weighted by Gasteiger charge is -2.29. The normalized spacial score (nSPS) is 15.9. The molecule has 0 bridgehead atoms. The summed E-state index contributed by atoms with van der Waals surface area (Å²) in [7, 11) is 0. The molecular formula is C19H15BrFN3. The number of hydrogen-bond acceptors (Lipinski definition) is 3. The van der Waals surface area contributed by atoms with Crippen molar-refractivity contribution in [3.63, 3.8) is 0 Å². The van der Waals surface area contributed by atoms with E-state index in [2.05, 4.69) is 52.1 Å². The first-order chi connectivity index (χ1) is 11.4. The molecule has 4 rings (SSSR count). The molecule has 1 aliphatic heterocycles. The summed E-state index contributed by atoms with van der Waals surface area (Å²) < 4.78 is 14.4. The lowest BCUT2D eigenvalue weighted by atomic mass is 9.86. The monoisotopic (exact) mass is 383 g/mol. The van der Waals surface area contributed by atoms with E-state index in [-0.39, 0.29) is 11.4 Å². The van der Waals surface area contributed by atoms with Crippen LogP contribution in [0.25, 0.3) is 10.9 Å². The number of nitrogens with zero attached hydrogens (tertiary/aromatic N) is 3. The van der Waals surface area contributed by atoms with E-state index in [0.717, 1.165) is 27.6 Å². The van der Waals surface area contributed by atoms with Gasteiger partial charge in [0.15, 0.2) is 0 Å². The molecule has 0 unspecified atom stereocenters. The Kier molecular flexibility index (Phi) is 3.49. The van der Waals surface area contributed by atoms with E-state index in [1.165, 1.54) is 17.7 Å². The molecule has 0 atom stereocenters. The van der Waals surface area contributed by atoms with Gasteiger partial charge in [0, 0.05) is 21.5 Å². The average Bonchev–Trinajstić information content (AvgIpc) is 2.52. The maximum atomic E-state index is 13.3. The molecule has 3 nitrogen and oxygen atoms in total. The minimum Gasteiger partial charge on any atom is -0.276 e. The van der Waals surface area contributed by atoms with Crippen LogP contribution in [0.5, 0.6) is 0 Å². The lowest BCUT2D eigenvalue weighted by Crippen LogP contribution is -2.29. The molecule has 2 aromatic carbocycles.